The van der Waals surface area contributed by atoms with Crippen LogP contribution in [-0.2, 0) is 14.3 Å². The Balaban J connectivity index is 2.74. The second kappa shape index (κ2) is 3.34. The first-order valence-electron chi connectivity index (χ1n) is 3.73. The first-order chi connectivity index (χ1) is 5.65. The molecule has 12 heavy (non-hydrogen) atoms. The molecule has 0 amide bonds. The molecule has 0 spiro atoms. The van der Waals surface area contributed by atoms with Gasteiger partial charge in [-0.1, -0.05) is 13.0 Å². The van der Waals surface area contributed by atoms with Gasteiger partial charge in [-0.15, -0.1) is 6.58 Å². The van der Waals surface area contributed by atoms with E-state index in [4.69, 9.17) is 0 Å². The Kier molecular flexibility index (Phi) is 2.43. The SMILES string of the molecule is C=CCC(C)C1=CC(=O)OC1=O. The van der Waals surface area contributed by atoms with Crippen LogP contribution in [0.15, 0.2) is 24.3 Å². The number of allylic oxidation sites excluding steroid dienone is 1. The van der Waals surface area contributed by atoms with Gasteiger partial charge >= 0.3 is 11.9 Å². The van der Waals surface area contributed by atoms with E-state index in [0.717, 1.165) is 0 Å². The van der Waals surface area contributed by atoms with Gasteiger partial charge in [0.25, 0.3) is 0 Å². The van der Waals surface area contributed by atoms with Gasteiger partial charge in [-0.05, 0) is 12.3 Å². The van der Waals surface area contributed by atoms with Crippen LogP contribution in [-0.4, -0.2) is 11.9 Å². The maximum absolute atomic E-state index is 11.0. The molecule has 0 aromatic rings. The molecular formula is C9H10O3. The van der Waals surface area contributed by atoms with Crippen LogP contribution in [0.25, 0.3) is 0 Å². The number of carbonyl (C=O) groups is 2. The summed E-state index contributed by atoms with van der Waals surface area (Å²) in [7, 11) is 0. The van der Waals surface area contributed by atoms with Crippen molar-refractivity contribution in [2.75, 3.05) is 0 Å². The fourth-order valence-electron chi connectivity index (χ4n) is 1.09. The molecule has 0 fully saturated rings. The van der Waals surface area contributed by atoms with E-state index in [9.17, 15) is 9.59 Å². The van der Waals surface area contributed by atoms with E-state index < -0.39 is 11.9 Å². The first kappa shape index (κ1) is 8.71. The van der Waals surface area contributed by atoms with Crippen LogP contribution in [0, 0.1) is 5.92 Å². The Labute approximate surface area is 70.7 Å². The summed E-state index contributed by atoms with van der Waals surface area (Å²) in [6.45, 7) is 5.41. The van der Waals surface area contributed by atoms with Crippen molar-refractivity contribution >= 4 is 11.9 Å². The Bertz CT molecular complexity index is 263. The van der Waals surface area contributed by atoms with E-state index in [0.29, 0.717) is 12.0 Å². The highest BCUT2D eigenvalue weighted by Gasteiger charge is 2.26. The predicted molar refractivity (Wildman–Crippen MR) is 43.2 cm³/mol. The fourth-order valence-corrected chi connectivity index (χ4v) is 1.09. The molecule has 0 aromatic carbocycles. The van der Waals surface area contributed by atoms with Crippen molar-refractivity contribution in [1.29, 1.82) is 0 Å². The van der Waals surface area contributed by atoms with E-state index in [2.05, 4.69) is 11.3 Å². The van der Waals surface area contributed by atoms with Gasteiger partial charge in [0.15, 0.2) is 0 Å². The van der Waals surface area contributed by atoms with E-state index in [1.807, 2.05) is 6.92 Å². The summed E-state index contributed by atoms with van der Waals surface area (Å²) in [6.07, 6.45) is 3.63. The smallest absolute Gasteiger partial charge is 0.342 e. The Morgan fingerprint density at radius 2 is 2.33 bits per heavy atom. The second-order valence-corrected chi connectivity index (χ2v) is 2.73. The highest BCUT2D eigenvalue weighted by molar-refractivity contribution is 6.09. The predicted octanol–water partition coefficient (Wildman–Crippen LogP) is 1.21. The molecule has 0 aromatic heterocycles. The lowest BCUT2D eigenvalue weighted by Crippen LogP contribution is -2.07. The van der Waals surface area contributed by atoms with Gasteiger partial charge in [-0.2, -0.15) is 0 Å². The molecule has 1 atom stereocenters. The van der Waals surface area contributed by atoms with Gasteiger partial charge in [-0.3, -0.25) is 0 Å². The molecule has 0 N–H and O–H groups in total. The largest absolute Gasteiger partial charge is 0.386 e. The van der Waals surface area contributed by atoms with E-state index in [1.165, 1.54) is 6.08 Å². The molecule has 1 aliphatic rings. The van der Waals surface area contributed by atoms with Gasteiger partial charge < -0.3 is 4.74 Å². The Morgan fingerprint density at radius 3 is 2.75 bits per heavy atom. The average Bonchev–Trinajstić information content (AvgIpc) is 2.30. The molecule has 0 bridgehead atoms. The third kappa shape index (κ3) is 1.61. The van der Waals surface area contributed by atoms with Gasteiger partial charge in [0.2, 0.25) is 0 Å². The molecule has 1 rings (SSSR count). The van der Waals surface area contributed by atoms with Crippen molar-refractivity contribution in [3.63, 3.8) is 0 Å². The monoisotopic (exact) mass is 166 g/mol. The van der Waals surface area contributed by atoms with Crippen LogP contribution in [0.4, 0.5) is 0 Å². The third-order valence-electron chi connectivity index (χ3n) is 1.75. The quantitative estimate of drug-likeness (QED) is 0.359. The number of ether oxygens (including phenoxy) is 1. The van der Waals surface area contributed by atoms with Gasteiger partial charge in [0.05, 0.1) is 0 Å². The summed E-state index contributed by atoms with van der Waals surface area (Å²) >= 11 is 0. The molecular weight excluding hydrogens is 156 g/mol. The number of hydrogen-bond acceptors (Lipinski definition) is 3. The summed E-state index contributed by atoms with van der Waals surface area (Å²) < 4.78 is 4.34. The van der Waals surface area contributed by atoms with Crippen LogP contribution in [0.2, 0.25) is 0 Å². The zero-order valence-corrected chi connectivity index (χ0v) is 6.87. The molecule has 0 aliphatic carbocycles. The standard InChI is InChI=1S/C9H10O3/c1-3-4-6(2)7-5-8(10)12-9(7)11/h3,5-6H,1,4H2,2H3. The second-order valence-electron chi connectivity index (χ2n) is 2.73. The molecule has 0 saturated carbocycles. The summed E-state index contributed by atoms with van der Waals surface area (Å²) in [5, 5.41) is 0. The lowest BCUT2D eigenvalue weighted by atomic mass is 9.98. The fraction of sp³-hybridized carbons (Fsp3) is 0.333. The Hall–Kier alpha value is -1.38. The van der Waals surface area contributed by atoms with Crippen LogP contribution < -0.4 is 0 Å². The van der Waals surface area contributed by atoms with Crippen molar-refractivity contribution in [1.82, 2.24) is 0 Å². The van der Waals surface area contributed by atoms with E-state index in [1.54, 1.807) is 6.08 Å². The third-order valence-corrected chi connectivity index (χ3v) is 1.75. The van der Waals surface area contributed by atoms with Crippen molar-refractivity contribution in [2.45, 2.75) is 13.3 Å². The zero-order chi connectivity index (χ0) is 9.14. The normalized spacial score (nSPS) is 18.6. The number of esters is 2. The highest BCUT2D eigenvalue weighted by atomic mass is 16.6. The zero-order valence-electron chi connectivity index (χ0n) is 6.87. The average molecular weight is 166 g/mol. The van der Waals surface area contributed by atoms with Crippen molar-refractivity contribution in [3.8, 4) is 0 Å². The molecule has 64 valence electrons. The molecule has 1 aliphatic heterocycles. The van der Waals surface area contributed by atoms with Crippen LogP contribution in [0.3, 0.4) is 0 Å². The molecule has 0 saturated heterocycles. The highest BCUT2D eigenvalue weighted by Crippen LogP contribution is 2.20. The van der Waals surface area contributed by atoms with Crippen molar-refractivity contribution in [3.05, 3.63) is 24.3 Å². The Morgan fingerprint density at radius 1 is 1.67 bits per heavy atom. The lowest BCUT2D eigenvalue weighted by Gasteiger charge is -2.05. The van der Waals surface area contributed by atoms with Crippen LogP contribution in [0.5, 0.6) is 0 Å². The maximum Gasteiger partial charge on any atom is 0.342 e. The minimum Gasteiger partial charge on any atom is -0.386 e. The minimum absolute atomic E-state index is 0.0152. The maximum atomic E-state index is 11.0. The van der Waals surface area contributed by atoms with Crippen LogP contribution >= 0.6 is 0 Å². The molecule has 0 radical (unpaired) electrons. The molecule has 3 heteroatoms. The van der Waals surface area contributed by atoms with Gasteiger partial charge in [0, 0.05) is 11.6 Å². The summed E-state index contributed by atoms with van der Waals surface area (Å²) in [5.74, 6) is -1.07. The van der Waals surface area contributed by atoms with Crippen molar-refractivity contribution in [2.24, 2.45) is 5.92 Å². The van der Waals surface area contributed by atoms with Gasteiger partial charge in [-0.25, -0.2) is 9.59 Å². The number of hydrogen-bond donors (Lipinski definition) is 0. The van der Waals surface area contributed by atoms with E-state index in [-0.39, 0.29) is 5.92 Å². The minimum atomic E-state index is -0.564. The number of cyclic esters (lactones) is 2. The van der Waals surface area contributed by atoms with E-state index >= 15 is 0 Å². The molecule has 3 nitrogen and oxygen atoms in total. The number of carbonyl (C=O) groups excluding carboxylic acids is 2. The molecule has 1 unspecified atom stereocenters. The molecule has 1 heterocycles. The lowest BCUT2D eigenvalue weighted by molar-refractivity contribution is -0.150. The number of rotatable bonds is 3. The van der Waals surface area contributed by atoms with Crippen molar-refractivity contribution < 1.29 is 14.3 Å². The topological polar surface area (TPSA) is 43.4 Å². The van der Waals surface area contributed by atoms with Crippen LogP contribution in [0.1, 0.15) is 13.3 Å². The van der Waals surface area contributed by atoms with Gasteiger partial charge in [0.1, 0.15) is 0 Å². The summed E-state index contributed by atoms with van der Waals surface area (Å²) in [4.78, 5) is 21.6. The first-order valence-corrected chi connectivity index (χ1v) is 3.73. The summed E-state index contributed by atoms with van der Waals surface area (Å²) in [5.41, 5.74) is 0.444. The summed E-state index contributed by atoms with van der Waals surface area (Å²) in [6, 6.07) is 0.